The van der Waals surface area contributed by atoms with Crippen molar-refractivity contribution in [2.45, 2.75) is 39.2 Å². The molecule has 10 heteroatoms. The fourth-order valence-corrected chi connectivity index (χ4v) is 4.68. The summed E-state index contributed by atoms with van der Waals surface area (Å²) < 4.78 is 25.7. The molecule has 2 aliphatic heterocycles. The zero-order chi connectivity index (χ0) is 20.8. The van der Waals surface area contributed by atoms with E-state index in [0.29, 0.717) is 13.1 Å². The summed E-state index contributed by atoms with van der Waals surface area (Å²) in [6.07, 6.45) is 3.39. The second-order valence-corrected chi connectivity index (χ2v) is 10.0. The van der Waals surface area contributed by atoms with Crippen molar-refractivity contribution in [3.63, 3.8) is 0 Å². The summed E-state index contributed by atoms with van der Waals surface area (Å²) in [5.41, 5.74) is -0.655. The smallest absolute Gasteiger partial charge is 0.236 e. The number of rotatable bonds is 7. The Kier molecular flexibility index (Phi) is 8.08. The van der Waals surface area contributed by atoms with Crippen molar-refractivity contribution in [1.29, 1.82) is 0 Å². The monoisotopic (exact) mass is 416 g/mol. The van der Waals surface area contributed by atoms with E-state index in [9.17, 15) is 13.2 Å². The van der Waals surface area contributed by atoms with Crippen molar-refractivity contribution in [3.8, 4) is 0 Å². The van der Waals surface area contributed by atoms with Gasteiger partial charge in [0.25, 0.3) is 0 Å². The number of sulfonamides is 1. The lowest BCUT2D eigenvalue weighted by molar-refractivity contribution is -0.131. The maximum Gasteiger partial charge on any atom is 0.236 e. The number of carbonyl (C=O) groups excluding carboxylic acids is 1. The Balaban J connectivity index is 1.88. The van der Waals surface area contributed by atoms with Crippen LogP contribution < -0.4 is 10.0 Å². The first-order chi connectivity index (χ1) is 13.1. The normalized spacial score (nSPS) is 19.9. The van der Waals surface area contributed by atoms with E-state index in [1.165, 1.54) is 0 Å². The molecule has 0 aliphatic carbocycles. The Morgan fingerprint density at radius 1 is 1.04 bits per heavy atom. The van der Waals surface area contributed by atoms with Crippen molar-refractivity contribution in [1.82, 2.24) is 24.7 Å². The predicted molar refractivity (Wildman–Crippen MR) is 112 cm³/mol. The Labute approximate surface area is 169 Å². The topological polar surface area (TPSA) is 97.3 Å². The van der Waals surface area contributed by atoms with E-state index in [1.807, 2.05) is 25.7 Å². The first-order valence-corrected chi connectivity index (χ1v) is 12.0. The molecule has 2 fully saturated rings. The van der Waals surface area contributed by atoms with Crippen LogP contribution in [0.1, 0.15) is 33.6 Å². The van der Waals surface area contributed by atoms with E-state index >= 15 is 0 Å². The van der Waals surface area contributed by atoms with Gasteiger partial charge >= 0.3 is 0 Å². The molecular weight excluding hydrogens is 380 g/mol. The number of carbonyl (C=O) groups is 1. The van der Waals surface area contributed by atoms with Gasteiger partial charge < -0.3 is 15.1 Å². The molecule has 0 bridgehead atoms. The number of hydrogen-bond donors (Lipinski definition) is 2. The third kappa shape index (κ3) is 7.56. The van der Waals surface area contributed by atoms with E-state index in [4.69, 9.17) is 0 Å². The van der Waals surface area contributed by atoms with Crippen molar-refractivity contribution < 1.29 is 13.2 Å². The Hall–Kier alpha value is -1.39. The molecule has 28 heavy (non-hydrogen) atoms. The van der Waals surface area contributed by atoms with Crippen LogP contribution in [0.2, 0.25) is 0 Å². The maximum atomic E-state index is 12.3. The number of hydrogen-bond acceptors (Lipinski definition) is 5. The van der Waals surface area contributed by atoms with Crippen LogP contribution in [-0.2, 0) is 14.8 Å². The molecule has 1 amide bonds. The first-order valence-electron chi connectivity index (χ1n) is 10.1. The molecule has 2 rings (SSSR count). The van der Waals surface area contributed by atoms with Crippen LogP contribution in [0.25, 0.3) is 0 Å². The van der Waals surface area contributed by atoms with Crippen molar-refractivity contribution in [2.24, 2.45) is 4.99 Å². The molecule has 2 heterocycles. The van der Waals surface area contributed by atoms with Crippen molar-refractivity contribution in [2.75, 3.05) is 65.2 Å². The zero-order valence-electron chi connectivity index (χ0n) is 17.7. The fraction of sp³-hybridized carbons (Fsp3) is 0.889. The standard InChI is InChI=1S/C18H36N6O3S/c1-5-19-17(20-15-18(2,3)21-28(4,26)27)24-12-10-22(11-13-24)14-16(25)23-8-6-7-9-23/h21H,5-15H2,1-4H3,(H,19,20). The van der Waals surface area contributed by atoms with Crippen LogP contribution in [0.5, 0.6) is 0 Å². The van der Waals surface area contributed by atoms with E-state index in [0.717, 1.165) is 70.9 Å². The summed E-state index contributed by atoms with van der Waals surface area (Å²) in [6.45, 7) is 12.2. The summed E-state index contributed by atoms with van der Waals surface area (Å²) in [4.78, 5) is 23.3. The predicted octanol–water partition coefficient (Wildman–Crippen LogP) is -0.480. The Morgan fingerprint density at radius 3 is 2.18 bits per heavy atom. The van der Waals surface area contributed by atoms with E-state index in [-0.39, 0.29) is 5.91 Å². The number of nitrogens with zero attached hydrogens (tertiary/aromatic N) is 4. The number of guanidine groups is 1. The van der Waals surface area contributed by atoms with Crippen molar-refractivity contribution >= 4 is 21.9 Å². The summed E-state index contributed by atoms with van der Waals surface area (Å²) in [6, 6.07) is 0. The third-order valence-corrected chi connectivity index (χ3v) is 5.83. The summed E-state index contributed by atoms with van der Waals surface area (Å²) in [5, 5.41) is 3.29. The minimum Gasteiger partial charge on any atom is -0.357 e. The molecule has 9 nitrogen and oxygen atoms in total. The molecule has 0 radical (unpaired) electrons. The van der Waals surface area contributed by atoms with Crippen LogP contribution in [0, 0.1) is 0 Å². The van der Waals surface area contributed by atoms with Crippen LogP contribution >= 0.6 is 0 Å². The first kappa shape index (κ1) is 22.9. The van der Waals surface area contributed by atoms with E-state index in [1.54, 1.807) is 0 Å². The minimum atomic E-state index is -3.29. The molecular formula is C18H36N6O3S. The second-order valence-electron chi connectivity index (χ2n) is 8.28. The van der Waals surface area contributed by atoms with Gasteiger partial charge in [-0.25, -0.2) is 13.1 Å². The fourth-order valence-electron chi connectivity index (χ4n) is 3.61. The van der Waals surface area contributed by atoms with E-state index < -0.39 is 15.6 Å². The lowest BCUT2D eigenvalue weighted by Gasteiger charge is -2.37. The molecule has 2 aliphatic rings. The highest BCUT2D eigenvalue weighted by Gasteiger charge is 2.26. The van der Waals surface area contributed by atoms with Gasteiger partial charge in [-0.3, -0.25) is 14.7 Å². The lowest BCUT2D eigenvalue weighted by atomic mass is 10.1. The number of aliphatic imine (C=N–C) groups is 1. The molecule has 0 aromatic heterocycles. The van der Waals surface area contributed by atoms with E-state index in [2.05, 4.69) is 24.8 Å². The largest absolute Gasteiger partial charge is 0.357 e. The molecule has 2 saturated heterocycles. The number of piperazine rings is 1. The Bertz CT molecular complexity index is 650. The highest BCUT2D eigenvalue weighted by Crippen LogP contribution is 2.10. The second kappa shape index (κ2) is 9.89. The maximum absolute atomic E-state index is 12.3. The Morgan fingerprint density at radius 2 is 1.64 bits per heavy atom. The van der Waals surface area contributed by atoms with Crippen LogP contribution in [-0.4, -0.2) is 106 Å². The number of nitrogens with one attached hydrogen (secondary N) is 2. The summed E-state index contributed by atoms with van der Waals surface area (Å²) in [7, 11) is -3.29. The van der Waals surface area contributed by atoms with Gasteiger partial charge in [0.05, 0.1) is 19.3 Å². The van der Waals surface area contributed by atoms with Crippen LogP contribution in [0.3, 0.4) is 0 Å². The molecule has 162 valence electrons. The van der Waals surface area contributed by atoms with Gasteiger partial charge in [-0.1, -0.05) is 0 Å². The minimum absolute atomic E-state index is 0.236. The van der Waals surface area contributed by atoms with Gasteiger partial charge in [-0.2, -0.15) is 0 Å². The lowest BCUT2D eigenvalue weighted by Crippen LogP contribution is -2.54. The summed E-state index contributed by atoms with van der Waals surface area (Å²) in [5.74, 6) is 1.02. The average molecular weight is 417 g/mol. The van der Waals surface area contributed by atoms with Gasteiger partial charge in [0.15, 0.2) is 5.96 Å². The van der Waals surface area contributed by atoms with Crippen molar-refractivity contribution in [3.05, 3.63) is 0 Å². The molecule has 0 aromatic rings. The number of likely N-dealkylation sites (tertiary alicyclic amines) is 1. The van der Waals surface area contributed by atoms with Crippen LogP contribution in [0.4, 0.5) is 0 Å². The van der Waals surface area contributed by atoms with Gasteiger partial charge in [0.2, 0.25) is 15.9 Å². The molecule has 0 atom stereocenters. The molecule has 0 saturated carbocycles. The number of amides is 1. The van der Waals surface area contributed by atoms with Gasteiger partial charge in [-0.15, -0.1) is 0 Å². The van der Waals surface area contributed by atoms with Gasteiger partial charge in [0.1, 0.15) is 0 Å². The molecule has 0 unspecified atom stereocenters. The molecule has 0 aromatic carbocycles. The third-order valence-electron chi connectivity index (χ3n) is 4.91. The molecule has 0 spiro atoms. The summed E-state index contributed by atoms with van der Waals surface area (Å²) >= 11 is 0. The average Bonchev–Trinajstić information content (AvgIpc) is 3.12. The van der Waals surface area contributed by atoms with Crippen LogP contribution in [0.15, 0.2) is 4.99 Å². The molecule has 2 N–H and O–H groups in total. The zero-order valence-corrected chi connectivity index (χ0v) is 18.5. The highest BCUT2D eigenvalue weighted by atomic mass is 32.2. The SMILES string of the molecule is CCNC(=NCC(C)(C)NS(C)(=O)=O)N1CCN(CC(=O)N2CCCC2)CC1. The highest BCUT2D eigenvalue weighted by molar-refractivity contribution is 7.88. The van der Waals surface area contributed by atoms with Gasteiger partial charge in [0, 0.05) is 51.4 Å². The quantitative estimate of drug-likeness (QED) is 0.430. The van der Waals surface area contributed by atoms with Gasteiger partial charge in [-0.05, 0) is 33.6 Å².